The van der Waals surface area contributed by atoms with Crippen molar-refractivity contribution in [1.82, 2.24) is 0 Å². The zero-order chi connectivity index (χ0) is 22.2. The van der Waals surface area contributed by atoms with E-state index in [0.717, 1.165) is 5.56 Å². The van der Waals surface area contributed by atoms with Crippen LogP contribution in [-0.4, -0.2) is 23.2 Å². The number of carbonyl (C=O) groups is 1. The summed E-state index contributed by atoms with van der Waals surface area (Å²) in [6, 6.07) is 7.55. The van der Waals surface area contributed by atoms with Gasteiger partial charge >= 0.3 is 0 Å². The SMILES string of the molecule is CC(C)(C)C(=O)N=[S@](=O)(c1cccc(CO[Si](C)(C)C(C)(C)C)c1)C(C)(C)C. The maximum atomic E-state index is 14.0. The molecule has 1 amide bonds. The summed E-state index contributed by atoms with van der Waals surface area (Å²) in [5.41, 5.74) is 0.287. The van der Waals surface area contributed by atoms with Gasteiger partial charge in [-0.2, -0.15) is 4.36 Å². The first kappa shape index (κ1) is 25.1. The van der Waals surface area contributed by atoms with Gasteiger partial charge in [-0.1, -0.05) is 53.7 Å². The summed E-state index contributed by atoms with van der Waals surface area (Å²) in [6.45, 7) is 22.5. The van der Waals surface area contributed by atoms with Crippen LogP contribution in [0.1, 0.15) is 67.9 Å². The zero-order valence-electron chi connectivity index (χ0n) is 19.6. The molecule has 0 aromatic heterocycles. The summed E-state index contributed by atoms with van der Waals surface area (Å²) in [5, 5.41) is 0.123. The predicted octanol–water partition coefficient (Wildman–Crippen LogP) is 6.41. The Morgan fingerprint density at radius 1 is 1.04 bits per heavy atom. The van der Waals surface area contributed by atoms with Gasteiger partial charge in [-0.25, -0.2) is 4.21 Å². The quantitative estimate of drug-likeness (QED) is 0.524. The third kappa shape index (κ3) is 5.77. The predicted molar refractivity (Wildman–Crippen MR) is 121 cm³/mol. The van der Waals surface area contributed by atoms with Crippen molar-refractivity contribution in [1.29, 1.82) is 0 Å². The number of nitrogens with zero attached hydrogens (tertiary/aromatic N) is 1. The largest absolute Gasteiger partial charge is 0.413 e. The van der Waals surface area contributed by atoms with Crippen molar-refractivity contribution >= 4 is 24.0 Å². The van der Waals surface area contributed by atoms with Gasteiger partial charge in [-0.05, 0) is 56.6 Å². The van der Waals surface area contributed by atoms with E-state index >= 15 is 0 Å². The summed E-state index contributed by atoms with van der Waals surface area (Å²) in [5.74, 6) is -0.338. The molecular weight excluding hydrogens is 386 g/mol. The Hall–Kier alpha value is -0.983. The second-order valence-corrected chi connectivity index (χ2v) is 18.7. The first-order valence-electron chi connectivity index (χ1n) is 9.85. The molecule has 0 aliphatic heterocycles. The fourth-order valence-corrected chi connectivity index (χ4v) is 5.21. The highest BCUT2D eigenvalue weighted by molar-refractivity contribution is 7.95. The van der Waals surface area contributed by atoms with Crippen LogP contribution in [-0.2, 0) is 25.6 Å². The summed E-state index contributed by atoms with van der Waals surface area (Å²) in [6.07, 6.45) is 0. The molecule has 1 aromatic carbocycles. The van der Waals surface area contributed by atoms with Crippen LogP contribution in [0.2, 0.25) is 18.1 Å². The third-order valence-electron chi connectivity index (χ3n) is 5.31. The summed E-state index contributed by atoms with van der Waals surface area (Å²) in [4.78, 5) is 13.2. The van der Waals surface area contributed by atoms with Crippen LogP contribution in [0, 0.1) is 5.41 Å². The second-order valence-electron chi connectivity index (χ2n) is 11.0. The van der Waals surface area contributed by atoms with E-state index in [-0.39, 0.29) is 10.9 Å². The van der Waals surface area contributed by atoms with Crippen molar-refractivity contribution in [2.75, 3.05) is 0 Å². The van der Waals surface area contributed by atoms with Gasteiger partial charge in [0.15, 0.2) is 8.32 Å². The van der Waals surface area contributed by atoms with Gasteiger partial charge in [-0.3, -0.25) is 4.79 Å². The molecule has 28 heavy (non-hydrogen) atoms. The molecule has 1 rings (SSSR count). The van der Waals surface area contributed by atoms with Crippen molar-refractivity contribution in [3.63, 3.8) is 0 Å². The van der Waals surface area contributed by atoms with Crippen LogP contribution in [0.25, 0.3) is 0 Å². The van der Waals surface area contributed by atoms with Gasteiger partial charge in [0.2, 0.25) is 0 Å². The summed E-state index contributed by atoms with van der Waals surface area (Å²) in [7, 11) is -4.83. The lowest BCUT2D eigenvalue weighted by Gasteiger charge is -2.36. The van der Waals surface area contributed by atoms with Crippen LogP contribution >= 0.6 is 0 Å². The van der Waals surface area contributed by atoms with Crippen molar-refractivity contribution in [2.24, 2.45) is 9.78 Å². The molecule has 0 aliphatic carbocycles. The third-order valence-corrected chi connectivity index (χ3v) is 12.8. The number of amides is 1. The van der Waals surface area contributed by atoms with E-state index < -0.39 is 28.2 Å². The Morgan fingerprint density at radius 3 is 2.00 bits per heavy atom. The van der Waals surface area contributed by atoms with Crippen LogP contribution in [0.4, 0.5) is 0 Å². The van der Waals surface area contributed by atoms with E-state index in [0.29, 0.717) is 11.5 Å². The van der Waals surface area contributed by atoms with E-state index in [4.69, 9.17) is 4.43 Å². The van der Waals surface area contributed by atoms with Gasteiger partial charge in [0, 0.05) is 10.3 Å². The van der Waals surface area contributed by atoms with E-state index in [9.17, 15) is 9.00 Å². The first-order chi connectivity index (χ1) is 12.3. The fourth-order valence-electron chi connectivity index (χ4n) is 2.08. The van der Waals surface area contributed by atoms with E-state index in [1.165, 1.54) is 0 Å². The lowest BCUT2D eigenvalue weighted by atomic mass is 9.96. The minimum atomic E-state index is -2.94. The molecule has 4 nitrogen and oxygen atoms in total. The molecule has 6 heteroatoms. The first-order valence-corrected chi connectivity index (χ1v) is 14.3. The molecule has 0 aliphatic rings. The topological polar surface area (TPSA) is 55.7 Å². The number of hydrogen-bond donors (Lipinski definition) is 0. The molecule has 0 saturated heterocycles. The number of carbonyl (C=O) groups excluding carboxylic acids is 1. The Kier molecular flexibility index (Phi) is 7.19. The van der Waals surface area contributed by atoms with E-state index in [1.807, 2.05) is 45.0 Å². The van der Waals surface area contributed by atoms with Crippen molar-refractivity contribution in [3.8, 4) is 0 Å². The van der Waals surface area contributed by atoms with Crippen molar-refractivity contribution < 1.29 is 13.4 Å². The van der Waals surface area contributed by atoms with Gasteiger partial charge < -0.3 is 4.43 Å². The summed E-state index contributed by atoms with van der Waals surface area (Å²) >= 11 is 0. The highest BCUT2D eigenvalue weighted by atomic mass is 32.2. The lowest BCUT2D eigenvalue weighted by Crippen LogP contribution is -2.40. The Bertz CT molecular complexity index is 831. The summed E-state index contributed by atoms with van der Waals surface area (Å²) < 4.78 is 23.9. The Morgan fingerprint density at radius 2 is 1.57 bits per heavy atom. The van der Waals surface area contributed by atoms with Gasteiger partial charge in [0.1, 0.15) is 0 Å². The smallest absolute Gasteiger partial charge is 0.259 e. The van der Waals surface area contributed by atoms with Crippen LogP contribution < -0.4 is 0 Å². The van der Waals surface area contributed by atoms with Crippen molar-refractivity contribution in [3.05, 3.63) is 29.8 Å². The van der Waals surface area contributed by atoms with Crippen molar-refractivity contribution in [2.45, 2.75) is 96.7 Å². The Labute approximate surface area is 173 Å². The molecular formula is C22H39NO3SSi. The maximum Gasteiger partial charge on any atom is 0.259 e. The molecule has 0 saturated carbocycles. The number of hydrogen-bond acceptors (Lipinski definition) is 3. The van der Waals surface area contributed by atoms with Crippen LogP contribution in [0.15, 0.2) is 33.5 Å². The van der Waals surface area contributed by atoms with E-state index in [2.05, 4.69) is 38.2 Å². The highest BCUT2D eigenvalue weighted by Gasteiger charge is 2.37. The minimum Gasteiger partial charge on any atom is -0.413 e. The minimum absolute atomic E-state index is 0.123. The van der Waals surface area contributed by atoms with Gasteiger partial charge in [-0.15, -0.1) is 0 Å². The zero-order valence-corrected chi connectivity index (χ0v) is 21.4. The second kappa shape index (κ2) is 8.03. The standard InChI is InChI=1S/C22H39NO3SSi/c1-20(2,3)19(24)23-27(25,21(4,5)6)18-14-12-13-17(15-18)16-26-28(10,11)22(7,8)9/h12-15H,16H2,1-11H3/t27-/m0/s1. The highest BCUT2D eigenvalue weighted by Crippen LogP contribution is 2.37. The molecule has 0 fully saturated rings. The molecule has 0 unspecified atom stereocenters. The molecule has 0 bridgehead atoms. The molecule has 0 heterocycles. The van der Waals surface area contributed by atoms with E-state index in [1.54, 1.807) is 20.8 Å². The Balaban J connectivity index is 3.38. The monoisotopic (exact) mass is 425 g/mol. The van der Waals surface area contributed by atoms with Crippen LogP contribution in [0.5, 0.6) is 0 Å². The lowest BCUT2D eigenvalue weighted by molar-refractivity contribution is -0.124. The molecule has 1 atom stereocenters. The van der Waals surface area contributed by atoms with Crippen LogP contribution in [0.3, 0.4) is 0 Å². The molecule has 0 N–H and O–H groups in total. The molecule has 160 valence electrons. The number of rotatable bonds is 4. The molecule has 1 aromatic rings. The average molecular weight is 426 g/mol. The fraction of sp³-hybridized carbons (Fsp3) is 0.682. The average Bonchev–Trinajstić information content (AvgIpc) is 2.50. The number of benzene rings is 1. The van der Waals surface area contributed by atoms with Gasteiger partial charge in [0.25, 0.3) is 5.91 Å². The molecule has 0 spiro atoms. The van der Waals surface area contributed by atoms with Gasteiger partial charge in [0.05, 0.1) is 21.1 Å². The maximum absolute atomic E-state index is 14.0. The normalized spacial score (nSPS) is 15.8. The molecule has 0 radical (unpaired) electrons.